The third kappa shape index (κ3) is 2.08. The average molecular weight is 269 g/mol. The molecule has 4 heteroatoms. The van der Waals surface area contributed by atoms with E-state index in [2.05, 4.69) is 12.1 Å². The zero-order valence-corrected chi connectivity index (χ0v) is 10.5. The van der Waals surface area contributed by atoms with Gasteiger partial charge in [-0.3, -0.25) is 0 Å². The van der Waals surface area contributed by atoms with Gasteiger partial charge in [0.2, 0.25) is 0 Å². The van der Waals surface area contributed by atoms with Crippen LogP contribution in [0.5, 0.6) is 0 Å². The van der Waals surface area contributed by atoms with Crippen molar-refractivity contribution in [3.8, 4) is 0 Å². The minimum absolute atomic E-state index is 0.312. The highest BCUT2D eigenvalue weighted by molar-refractivity contribution is 6.29. The van der Waals surface area contributed by atoms with Crippen LogP contribution in [-0.2, 0) is 18.0 Å². The van der Waals surface area contributed by atoms with Crippen LogP contribution in [0.3, 0.4) is 0 Å². The summed E-state index contributed by atoms with van der Waals surface area (Å²) in [4.78, 5) is 0. The van der Waals surface area contributed by atoms with E-state index >= 15 is 0 Å². The summed E-state index contributed by atoms with van der Waals surface area (Å²) in [5.74, 6) is 0.663. The van der Waals surface area contributed by atoms with Crippen LogP contribution in [-0.4, -0.2) is 0 Å². The molecule has 0 amide bonds. The first-order valence-corrected chi connectivity index (χ1v) is 6.14. The second kappa shape index (κ2) is 4.37. The monoisotopic (exact) mass is 268 g/mol. The molecule has 2 nitrogen and oxygen atoms in total. The van der Waals surface area contributed by atoms with Gasteiger partial charge in [-0.05, 0) is 40.4 Å². The van der Waals surface area contributed by atoms with Crippen LogP contribution in [0, 0.1) is 0 Å². The third-order valence-electron chi connectivity index (χ3n) is 2.88. The number of alkyl halides is 1. The zero-order valence-electron chi connectivity index (χ0n) is 8.95. The van der Waals surface area contributed by atoms with Crippen molar-refractivity contribution >= 4 is 23.2 Å². The number of furan rings is 1. The van der Waals surface area contributed by atoms with Crippen molar-refractivity contribution in [2.24, 2.45) is 0 Å². The largest absolute Gasteiger partial charge is 0.448 e. The molecule has 88 valence electrons. The fourth-order valence-corrected chi connectivity index (χ4v) is 2.38. The topological polar surface area (TPSA) is 22.4 Å². The molecule has 0 fully saturated rings. The molecule has 0 radical (unpaired) electrons. The number of hydrogen-bond acceptors (Lipinski definition) is 2. The molecule has 1 aliphatic rings. The first-order valence-electron chi connectivity index (χ1n) is 5.33. The van der Waals surface area contributed by atoms with E-state index in [4.69, 9.17) is 32.4 Å². The molecule has 2 heterocycles. The van der Waals surface area contributed by atoms with Crippen molar-refractivity contribution < 1.29 is 9.15 Å². The predicted octanol–water partition coefficient (Wildman–Crippen LogP) is 4.29. The molecule has 2 aromatic rings. The van der Waals surface area contributed by atoms with Crippen molar-refractivity contribution in [1.82, 2.24) is 0 Å². The van der Waals surface area contributed by atoms with Crippen LogP contribution in [0.4, 0.5) is 0 Å². The Morgan fingerprint density at radius 2 is 1.88 bits per heavy atom. The summed E-state index contributed by atoms with van der Waals surface area (Å²) in [6.45, 7) is 1.35. The van der Waals surface area contributed by atoms with Crippen LogP contribution >= 0.6 is 23.2 Å². The molecular formula is C13H10Cl2O2. The minimum Gasteiger partial charge on any atom is -0.448 e. The Hall–Kier alpha value is -0.960. The second-order valence-electron chi connectivity index (χ2n) is 4.03. The first-order chi connectivity index (χ1) is 8.24. The van der Waals surface area contributed by atoms with Gasteiger partial charge < -0.3 is 9.15 Å². The van der Waals surface area contributed by atoms with Crippen molar-refractivity contribution in [2.45, 2.75) is 18.6 Å². The van der Waals surface area contributed by atoms with Gasteiger partial charge in [-0.15, -0.1) is 11.6 Å². The predicted molar refractivity (Wildman–Crippen MR) is 66.3 cm³/mol. The standard InChI is InChI=1S/C13H10Cl2O2/c14-12-4-3-11(17-12)13(15)8-1-2-9-6-16-7-10(9)5-8/h1-5,13H,6-7H2. The van der Waals surface area contributed by atoms with Gasteiger partial charge in [-0.1, -0.05) is 18.2 Å². The maximum Gasteiger partial charge on any atom is 0.193 e. The molecule has 0 saturated heterocycles. The third-order valence-corrected chi connectivity index (χ3v) is 3.55. The van der Waals surface area contributed by atoms with Crippen LogP contribution in [0.2, 0.25) is 5.22 Å². The number of rotatable bonds is 2. The summed E-state index contributed by atoms with van der Waals surface area (Å²) >= 11 is 12.1. The summed E-state index contributed by atoms with van der Waals surface area (Å²) in [6, 6.07) is 9.61. The lowest BCUT2D eigenvalue weighted by atomic mass is 10.0. The van der Waals surface area contributed by atoms with E-state index in [-0.39, 0.29) is 5.38 Å². The summed E-state index contributed by atoms with van der Waals surface area (Å²) in [5.41, 5.74) is 3.43. The highest BCUT2D eigenvalue weighted by atomic mass is 35.5. The number of benzene rings is 1. The van der Waals surface area contributed by atoms with E-state index in [9.17, 15) is 0 Å². The van der Waals surface area contributed by atoms with Gasteiger partial charge >= 0.3 is 0 Å². The van der Waals surface area contributed by atoms with Crippen LogP contribution < -0.4 is 0 Å². The zero-order chi connectivity index (χ0) is 11.8. The van der Waals surface area contributed by atoms with Gasteiger partial charge in [0.15, 0.2) is 5.22 Å². The summed E-state index contributed by atoms with van der Waals surface area (Å²) in [7, 11) is 0. The van der Waals surface area contributed by atoms with Gasteiger partial charge in [0, 0.05) is 0 Å². The van der Waals surface area contributed by atoms with Crippen LogP contribution in [0.25, 0.3) is 0 Å². The highest BCUT2D eigenvalue weighted by Crippen LogP contribution is 2.33. The maximum absolute atomic E-state index is 6.35. The van der Waals surface area contributed by atoms with Crippen molar-refractivity contribution in [3.05, 3.63) is 58.0 Å². The van der Waals surface area contributed by atoms with Gasteiger partial charge in [-0.2, -0.15) is 0 Å². The van der Waals surface area contributed by atoms with Crippen LogP contribution in [0.1, 0.15) is 27.8 Å². The Bertz CT molecular complexity index is 548. The maximum atomic E-state index is 6.35. The smallest absolute Gasteiger partial charge is 0.193 e. The lowest BCUT2D eigenvalue weighted by Crippen LogP contribution is -1.93. The average Bonchev–Trinajstić information content (AvgIpc) is 2.95. The quantitative estimate of drug-likeness (QED) is 0.759. The van der Waals surface area contributed by atoms with Gasteiger partial charge in [-0.25, -0.2) is 0 Å². The summed E-state index contributed by atoms with van der Waals surface area (Å²) < 4.78 is 10.7. The van der Waals surface area contributed by atoms with Gasteiger partial charge in [0.05, 0.1) is 13.2 Å². The Labute approximate surface area is 109 Å². The van der Waals surface area contributed by atoms with E-state index in [1.807, 2.05) is 6.07 Å². The molecule has 0 saturated carbocycles. The fourth-order valence-electron chi connectivity index (χ4n) is 1.98. The normalized spacial score (nSPS) is 15.9. The van der Waals surface area contributed by atoms with Crippen molar-refractivity contribution in [3.63, 3.8) is 0 Å². The van der Waals surface area contributed by atoms with E-state index in [1.165, 1.54) is 11.1 Å². The highest BCUT2D eigenvalue weighted by Gasteiger charge is 2.18. The molecular weight excluding hydrogens is 259 g/mol. The molecule has 1 aliphatic heterocycles. The Balaban J connectivity index is 1.94. The number of fused-ring (bicyclic) bond motifs is 1. The first kappa shape index (κ1) is 11.1. The van der Waals surface area contributed by atoms with Crippen molar-refractivity contribution in [2.75, 3.05) is 0 Å². The molecule has 1 aromatic heterocycles. The van der Waals surface area contributed by atoms with E-state index in [0.29, 0.717) is 24.2 Å². The number of hydrogen-bond donors (Lipinski definition) is 0. The minimum atomic E-state index is -0.312. The molecule has 1 aromatic carbocycles. The number of ether oxygens (including phenoxy) is 1. The molecule has 0 bridgehead atoms. The molecule has 1 atom stereocenters. The summed E-state index contributed by atoms with van der Waals surface area (Å²) in [5, 5.41) is 0.0449. The SMILES string of the molecule is Clc1ccc(C(Cl)c2ccc3c(c2)COC3)o1. The van der Waals surface area contributed by atoms with E-state index < -0.39 is 0 Å². The molecule has 0 N–H and O–H groups in total. The van der Waals surface area contributed by atoms with Crippen molar-refractivity contribution in [1.29, 1.82) is 0 Å². The lowest BCUT2D eigenvalue weighted by Gasteiger charge is -2.08. The Morgan fingerprint density at radius 1 is 1.06 bits per heavy atom. The van der Waals surface area contributed by atoms with Gasteiger partial charge in [0.25, 0.3) is 0 Å². The summed E-state index contributed by atoms with van der Waals surface area (Å²) in [6.07, 6.45) is 0. The second-order valence-corrected chi connectivity index (χ2v) is 4.83. The molecule has 3 rings (SSSR count). The van der Waals surface area contributed by atoms with E-state index in [1.54, 1.807) is 12.1 Å². The van der Waals surface area contributed by atoms with Gasteiger partial charge in [0.1, 0.15) is 11.1 Å². The Morgan fingerprint density at radius 3 is 2.65 bits per heavy atom. The number of halogens is 2. The molecule has 0 spiro atoms. The van der Waals surface area contributed by atoms with Crippen LogP contribution in [0.15, 0.2) is 34.7 Å². The fraction of sp³-hybridized carbons (Fsp3) is 0.231. The molecule has 0 aliphatic carbocycles. The molecule has 1 unspecified atom stereocenters. The lowest BCUT2D eigenvalue weighted by molar-refractivity contribution is 0.134. The molecule has 17 heavy (non-hydrogen) atoms. The Kier molecular flexibility index (Phi) is 2.87. The van der Waals surface area contributed by atoms with E-state index in [0.717, 1.165) is 5.56 Å².